The molecule has 2 saturated heterocycles. The number of methoxy groups -OCH3 is 2. The largest absolute Gasteiger partial charge is 0.502 e. The fourth-order valence-electron chi connectivity index (χ4n) is 9.88. The number of hydrazine groups is 1. The van der Waals surface area contributed by atoms with Crippen LogP contribution in [-0.2, 0) is 30.8 Å². The number of halogens is 5. The van der Waals surface area contributed by atoms with Crippen molar-refractivity contribution in [1.29, 1.82) is 0 Å². The number of amides is 4. The quantitative estimate of drug-likeness (QED) is 0.0913. The van der Waals surface area contributed by atoms with Gasteiger partial charge in [0.25, 0.3) is 11.8 Å². The second kappa shape index (κ2) is 16.6. The highest BCUT2D eigenvalue weighted by Gasteiger charge is 2.69. The maximum Gasteiger partial charge on any atom is 0.417 e. The number of pyridine rings is 1. The molecule has 3 N–H and O–H groups in total. The number of allylic oxidation sites excluding steroid dienone is 3. The Kier molecular flexibility index (Phi) is 11.1. The molecular formula is C48H38Cl2F3N5O7. The van der Waals surface area contributed by atoms with Crippen LogP contribution in [0.15, 0.2) is 121 Å². The van der Waals surface area contributed by atoms with Gasteiger partial charge in [0.1, 0.15) is 0 Å². The van der Waals surface area contributed by atoms with Crippen LogP contribution < -0.4 is 25.1 Å². The van der Waals surface area contributed by atoms with Crippen molar-refractivity contribution < 1.29 is 46.9 Å². The number of ether oxygens (including phenoxy) is 2. The van der Waals surface area contributed by atoms with Gasteiger partial charge in [-0.25, -0.2) is 4.98 Å². The lowest BCUT2D eigenvalue weighted by molar-refractivity contribution is -0.139. The zero-order valence-electron chi connectivity index (χ0n) is 34.5. The van der Waals surface area contributed by atoms with Gasteiger partial charge in [0.15, 0.2) is 17.3 Å². The first-order chi connectivity index (χ1) is 31.1. The number of imide groups is 2. The molecule has 3 heterocycles. The number of benzene rings is 4. The number of para-hydroxylation sites is 1. The molecule has 2 aliphatic carbocycles. The van der Waals surface area contributed by atoms with Gasteiger partial charge in [-0.15, -0.1) is 0 Å². The van der Waals surface area contributed by atoms with E-state index < -0.39 is 75.4 Å². The van der Waals surface area contributed by atoms with Crippen LogP contribution in [-0.4, -0.2) is 52.9 Å². The SMILES string of the molecule is COc1cc(C=C[C@H]2C3=CC[C@@H]4C(=O)N(c5ccc(Nc6ccccc6)cc5)C(=O)[C@@H]4[C@@H]3C[C@H]3C(=O)N(Nc4ncc(C(F)(F)F)cc4Cl)C(=O)[C@@]23c2ccc(Cl)cc2)cc(OC)c1O. The molecule has 4 aliphatic rings. The van der Waals surface area contributed by atoms with Crippen LogP contribution in [0.25, 0.3) is 6.08 Å². The Morgan fingerprint density at radius 1 is 0.846 bits per heavy atom. The van der Waals surface area contributed by atoms with E-state index in [-0.39, 0.29) is 35.9 Å². The van der Waals surface area contributed by atoms with Gasteiger partial charge in [0.05, 0.1) is 53.7 Å². The van der Waals surface area contributed by atoms with Gasteiger partial charge in [0, 0.05) is 28.5 Å². The van der Waals surface area contributed by atoms with Crippen molar-refractivity contribution in [3.8, 4) is 17.2 Å². The average Bonchev–Trinajstić information content (AvgIpc) is 3.67. The molecule has 332 valence electrons. The van der Waals surface area contributed by atoms with Crippen molar-refractivity contribution in [1.82, 2.24) is 9.99 Å². The zero-order valence-corrected chi connectivity index (χ0v) is 36.0. The molecule has 65 heavy (non-hydrogen) atoms. The zero-order chi connectivity index (χ0) is 45.9. The first kappa shape index (κ1) is 43.4. The van der Waals surface area contributed by atoms with Gasteiger partial charge in [0.2, 0.25) is 17.6 Å². The highest BCUT2D eigenvalue weighted by Crippen LogP contribution is 2.62. The Morgan fingerprint density at radius 2 is 1.51 bits per heavy atom. The summed E-state index contributed by atoms with van der Waals surface area (Å²) in [7, 11) is 2.75. The summed E-state index contributed by atoms with van der Waals surface area (Å²) >= 11 is 12.7. The highest BCUT2D eigenvalue weighted by molar-refractivity contribution is 6.33. The van der Waals surface area contributed by atoms with Crippen LogP contribution >= 0.6 is 23.2 Å². The predicted octanol–water partition coefficient (Wildman–Crippen LogP) is 9.61. The topological polar surface area (TPSA) is 150 Å². The molecule has 0 spiro atoms. The third kappa shape index (κ3) is 7.32. The fraction of sp³-hybridized carbons (Fsp3) is 0.229. The van der Waals surface area contributed by atoms with Gasteiger partial charge >= 0.3 is 6.18 Å². The Hall–Kier alpha value is -6.84. The first-order valence-electron chi connectivity index (χ1n) is 20.4. The monoisotopic (exact) mass is 923 g/mol. The summed E-state index contributed by atoms with van der Waals surface area (Å²) in [6, 6.07) is 26.6. The van der Waals surface area contributed by atoms with Crippen molar-refractivity contribution in [2.75, 3.05) is 29.9 Å². The standard InChI is InChI=1S/C48H38Cl2F3N5O7/c1-64-38-20-25(21-39(65-2)41(38)59)8-19-35-32-17-18-33-40(45(62)57(43(33)60)31-15-13-30(14-16-31)55-29-6-4-3-5-7-29)34(32)23-36-44(61)58(46(63)47(35,36)26-9-11-28(49)12-10-26)56-42-37(50)22-27(24-54-42)48(51,52)53/h3-17,19-22,24,33-36,40,55,59H,18,23H2,1-2H3,(H,54,56)/t33-,34+,35-,36-,40-,47-/m0/s1. The molecule has 0 unspecified atom stereocenters. The van der Waals surface area contributed by atoms with Crippen molar-refractivity contribution in [3.05, 3.63) is 148 Å². The normalized spacial score (nSPS) is 23.9. The molecule has 12 nitrogen and oxygen atoms in total. The van der Waals surface area contributed by atoms with Gasteiger partial charge in [-0.2, -0.15) is 18.2 Å². The molecule has 4 amide bonds. The molecule has 3 fully saturated rings. The summed E-state index contributed by atoms with van der Waals surface area (Å²) in [5, 5.41) is 14.6. The van der Waals surface area contributed by atoms with Crippen LogP contribution in [0.4, 0.5) is 36.1 Å². The Labute approximate surface area is 380 Å². The van der Waals surface area contributed by atoms with E-state index in [2.05, 4.69) is 15.7 Å². The number of rotatable bonds is 10. The van der Waals surface area contributed by atoms with E-state index in [0.29, 0.717) is 39.7 Å². The van der Waals surface area contributed by atoms with Crippen LogP contribution in [0.5, 0.6) is 17.2 Å². The maximum atomic E-state index is 15.5. The maximum absolute atomic E-state index is 15.5. The van der Waals surface area contributed by atoms with Crippen molar-refractivity contribution in [2.45, 2.75) is 24.4 Å². The lowest BCUT2D eigenvalue weighted by Gasteiger charge is -2.49. The summed E-state index contributed by atoms with van der Waals surface area (Å²) in [5.41, 5.74) is 3.19. The third-order valence-corrected chi connectivity index (χ3v) is 13.3. The number of hydrogen-bond acceptors (Lipinski definition) is 10. The van der Waals surface area contributed by atoms with Crippen LogP contribution in [0.3, 0.4) is 0 Å². The number of anilines is 4. The van der Waals surface area contributed by atoms with Crippen LogP contribution in [0.1, 0.15) is 29.5 Å². The van der Waals surface area contributed by atoms with Crippen molar-refractivity contribution >= 4 is 75.8 Å². The number of alkyl halides is 3. The second-order valence-electron chi connectivity index (χ2n) is 16.1. The van der Waals surface area contributed by atoms with E-state index in [1.54, 1.807) is 72.8 Å². The van der Waals surface area contributed by atoms with Gasteiger partial charge < -0.3 is 19.9 Å². The number of carbonyl (C=O) groups excluding carboxylic acids is 4. The molecule has 17 heteroatoms. The predicted molar refractivity (Wildman–Crippen MR) is 237 cm³/mol. The smallest absolute Gasteiger partial charge is 0.417 e. The number of phenols is 1. The number of fused-ring (bicyclic) bond motifs is 4. The van der Waals surface area contributed by atoms with Gasteiger partial charge in [-0.1, -0.05) is 77.3 Å². The Bertz CT molecular complexity index is 2780. The number of aromatic nitrogens is 1. The molecule has 0 radical (unpaired) electrons. The number of hydrogen-bond donors (Lipinski definition) is 3. The number of nitrogens with one attached hydrogen (secondary N) is 2. The highest BCUT2D eigenvalue weighted by atomic mass is 35.5. The minimum Gasteiger partial charge on any atom is -0.502 e. The van der Waals surface area contributed by atoms with Crippen molar-refractivity contribution in [2.24, 2.45) is 29.6 Å². The molecule has 0 bridgehead atoms. The van der Waals surface area contributed by atoms with Crippen molar-refractivity contribution in [3.63, 3.8) is 0 Å². The van der Waals surface area contributed by atoms with E-state index >= 15 is 9.59 Å². The minimum absolute atomic E-state index is 0.0649. The summed E-state index contributed by atoms with van der Waals surface area (Å²) in [6.07, 6.45) is 1.13. The average molecular weight is 925 g/mol. The molecule has 5 aromatic rings. The summed E-state index contributed by atoms with van der Waals surface area (Å²) in [6.45, 7) is 0. The summed E-state index contributed by atoms with van der Waals surface area (Å²) in [5.74, 6) is -7.46. The fourth-order valence-corrected chi connectivity index (χ4v) is 10.2. The van der Waals surface area contributed by atoms with E-state index in [4.69, 9.17) is 32.7 Å². The molecule has 2 aliphatic heterocycles. The van der Waals surface area contributed by atoms with Crippen LogP contribution in [0.2, 0.25) is 10.0 Å². The lowest BCUT2D eigenvalue weighted by Crippen LogP contribution is -2.54. The van der Waals surface area contributed by atoms with E-state index in [9.17, 15) is 27.9 Å². The van der Waals surface area contributed by atoms with Crippen LogP contribution in [0, 0.1) is 29.6 Å². The number of aromatic hydroxyl groups is 1. The molecule has 1 aromatic heterocycles. The van der Waals surface area contributed by atoms with E-state index in [1.807, 2.05) is 36.4 Å². The lowest BCUT2D eigenvalue weighted by atomic mass is 9.50. The number of phenolic OH excluding ortho intramolecular Hbond substituents is 1. The Morgan fingerprint density at radius 3 is 2.14 bits per heavy atom. The van der Waals surface area contributed by atoms with E-state index in [1.165, 1.54) is 19.1 Å². The summed E-state index contributed by atoms with van der Waals surface area (Å²) in [4.78, 5) is 64.6. The first-order valence-corrected chi connectivity index (χ1v) is 21.2. The summed E-state index contributed by atoms with van der Waals surface area (Å²) < 4.78 is 51.6. The van der Waals surface area contributed by atoms with Gasteiger partial charge in [-0.3, -0.25) is 29.5 Å². The molecule has 6 atom stereocenters. The second-order valence-corrected chi connectivity index (χ2v) is 17.0. The third-order valence-electron chi connectivity index (χ3n) is 12.8. The molecule has 9 rings (SSSR count). The Balaban J connectivity index is 1.16. The number of nitrogens with zero attached hydrogens (tertiary/aromatic N) is 3. The number of carbonyl (C=O) groups is 4. The minimum atomic E-state index is -4.77. The molecular weight excluding hydrogens is 886 g/mol. The molecule has 4 aromatic carbocycles. The van der Waals surface area contributed by atoms with E-state index in [0.717, 1.165) is 16.4 Å². The van der Waals surface area contributed by atoms with Gasteiger partial charge in [-0.05, 0) is 96.6 Å². The molecule has 1 saturated carbocycles.